The number of unbranched alkanes of at least 4 members (excludes halogenated alkanes) is 1. The summed E-state index contributed by atoms with van der Waals surface area (Å²) in [6.45, 7) is 3.45. The van der Waals surface area contributed by atoms with Crippen LogP contribution in [0.25, 0.3) is 11.4 Å². The van der Waals surface area contributed by atoms with Crippen molar-refractivity contribution in [2.75, 3.05) is 7.11 Å². The van der Waals surface area contributed by atoms with E-state index in [2.05, 4.69) is 17.3 Å². The van der Waals surface area contributed by atoms with Crippen LogP contribution in [0.4, 0.5) is 4.39 Å². The van der Waals surface area contributed by atoms with Gasteiger partial charge in [0.1, 0.15) is 0 Å². The molecule has 0 saturated carbocycles. The van der Waals surface area contributed by atoms with Crippen molar-refractivity contribution in [3.63, 3.8) is 0 Å². The number of ether oxygens (including phenoxy) is 1. The van der Waals surface area contributed by atoms with E-state index in [1.165, 1.54) is 19.2 Å². The molecule has 170 valence electrons. The van der Waals surface area contributed by atoms with Gasteiger partial charge in [-0.05, 0) is 60.6 Å². The van der Waals surface area contributed by atoms with E-state index in [-0.39, 0.29) is 24.6 Å². The first kappa shape index (κ1) is 23.9. The largest absolute Gasteiger partial charge is 0.494 e. The number of rotatable bonds is 10. The van der Waals surface area contributed by atoms with Gasteiger partial charge >= 0.3 is 0 Å². The summed E-state index contributed by atoms with van der Waals surface area (Å²) in [5.74, 6) is 0.302. The van der Waals surface area contributed by atoms with Crippen molar-refractivity contribution in [2.45, 2.75) is 45.8 Å². The zero-order valence-corrected chi connectivity index (χ0v) is 19.7. The Hall–Kier alpha value is -2.71. The van der Waals surface area contributed by atoms with Gasteiger partial charge in [-0.25, -0.2) is 9.07 Å². The first-order valence-electron chi connectivity index (χ1n) is 10.5. The number of hydrogen-bond acceptors (Lipinski definition) is 4. The number of halogens is 2. The Balaban J connectivity index is 1.67. The summed E-state index contributed by atoms with van der Waals surface area (Å²) in [6, 6.07) is 12.1. The zero-order valence-electron chi connectivity index (χ0n) is 18.1. The van der Waals surface area contributed by atoms with Crippen LogP contribution < -0.4 is 10.1 Å². The molecule has 2 aromatic carbocycles. The van der Waals surface area contributed by atoms with E-state index >= 15 is 0 Å². The minimum absolute atomic E-state index is 0.167. The molecule has 0 aliphatic carbocycles. The van der Waals surface area contributed by atoms with Crippen LogP contribution >= 0.6 is 23.8 Å². The van der Waals surface area contributed by atoms with Gasteiger partial charge in [0.25, 0.3) is 0 Å². The molecular formula is C23H26ClFN4O2S. The number of carbonyl (C=O) groups excluding carboxylic acids is 1. The smallest absolute Gasteiger partial charge is 0.222 e. The van der Waals surface area contributed by atoms with E-state index in [0.29, 0.717) is 21.9 Å². The summed E-state index contributed by atoms with van der Waals surface area (Å²) in [5, 5.41) is 8.13. The molecule has 1 amide bonds. The van der Waals surface area contributed by atoms with Crippen LogP contribution in [0.5, 0.6) is 5.75 Å². The first-order chi connectivity index (χ1) is 15.4. The molecule has 0 atom stereocenters. The molecule has 3 rings (SSSR count). The van der Waals surface area contributed by atoms with Gasteiger partial charge in [-0.3, -0.25) is 9.36 Å². The van der Waals surface area contributed by atoms with Crippen LogP contribution in [0.2, 0.25) is 5.02 Å². The third kappa shape index (κ3) is 5.95. The number of nitrogens with one attached hydrogen (secondary N) is 1. The molecule has 0 bridgehead atoms. The van der Waals surface area contributed by atoms with Crippen LogP contribution in [0, 0.1) is 10.6 Å². The fraction of sp³-hybridized carbons (Fsp3) is 0.348. The van der Waals surface area contributed by atoms with Crippen molar-refractivity contribution >= 4 is 29.7 Å². The highest BCUT2D eigenvalue weighted by Crippen LogP contribution is 2.22. The lowest BCUT2D eigenvalue weighted by atomic mass is 10.2. The summed E-state index contributed by atoms with van der Waals surface area (Å²) in [4.78, 5) is 12.4. The van der Waals surface area contributed by atoms with Gasteiger partial charge in [-0.15, -0.1) is 0 Å². The minimum atomic E-state index is -0.460. The molecule has 1 N–H and O–H groups in total. The van der Waals surface area contributed by atoms with Crippen LogP contribution in [0.15, 0.2) is 42.5 Å². The number of hydrogen-bond donors (Lipinski definition) is 1. The Kier molecular flexibility index (Phi) is 8.41. The second-order valence-corrected chi connectivity index (χ2v) is 8.14. The van der Waals surface area contributed by atoms with E-state index in [1.807, 2.05) is 28.8 Å². The third-order valence-corrected chi connectivity index (χ3v) is 5.70. The lowest BCUT2D eigenvalue weighted by Crippen LogP contribution is -2.24. The van der Waals surface area contributed by atoms with Crippen LogP contribution in [0.1, 0.15) is 31.7 Å². The first-order valence-corrected chi connectivity index (χ1v) is 11.2. The van der Waals surface area contributed by atoms with Gasteiger partial charge in [0.2, 0.25) is 5.91 Å². The molecule has 0 unspecified atom stereocenters. The summed E-state index contributed by atoms with van der Waals surface area (Å²) >= 11 is 11.7. The van der Waals surface area contributed by atoms with Crippen molar-refractivity contribution < 1.29 is 13.9 Å². The summed E-state index contributed by atoms with van der Waals surface area (Å²) < 4.78 is 23.0. The molecule has 1 heterocycles. The molecule has 1 aromatic heterocycles. The van der Waals surface area contributed by atoms with Crippen LogP contribution in [0.3, 0.4) is 0 Å². The Morgan fingerprint density at radius 2 is 1.97 bits per heavy atom. The average molecular weight is 477 g/mol. The van der Waals surface area contributed by atoms with Crippen LogP contribution in [-0.2, 0) is 24.4 Å². The number of aromatic nitrogens is 3. The SMILES string of the molecule is CCCCn1c(-c2ccc(Cl)cc2)nn(CCC(=O)NCc2ccc(OC)c(F)c2)c1=S. The monoisotopic (exact) mass is 476 g/mol. The zero-order chi connectivity index (χ0) is 23.1. The van der Waals surface area contributed by atoms with Crippen molar-refractivity contribution in [1.29, 1.82) is 0 Å². The van der Waals surface area contributed by atoms with Crippen molar-refractivity contribution in [3.05, 3.63) is 63.6 Å². The lowest BCUT2D eigenvalue weighted by molar-refractivity contribution is -0.121. The predicted molar refractivity (Wildman–Crippen MR) is 126 cm³/mol. The van der Waals surface area contributed by atoms with E-state index in [1.54, 1.807) is 10.7 Å². The van der Waals surface area contributed by atoms with E-state index in [4.69, 9.17) is 28.6 Å². The van der Waals surface area contributed by atoms with Gasteiger partial charge in [-0.2, -0.15) is 5.10 Å². The molecule has 0 saturated heterocycles. The normalized spacial score (nSPS) is 10.9. The van der Waals surface area contributed by atoms with Gasteiger partial charge in [-0.1, -0.05) is 31.0 Å². The third-order valence-electron chi connectivity index (χ3n) is 5.02. The van der Waals surface area contributed by atoms with E-state index in [0.717, 1.165) is 30.8 Å². The number of amides is 1. The number of nitrogens with zero attached hydrogens (tertiary/aromatic N) is 3. The number of aryl methyl sites for hydroxylation is 1. The lowest BCUT2D eigenvalue weighted by Gasteiger charge is -2.07. The summed E-state index contributed by atoms with van der Waals surface area (Å²) in [5.41, 5.74) is 1.57. The Bertz CT molecular complexity index is 1130. The van der Waals surface area contributed by atoms with Crippen molar-refractivity contribution in [2.24, 2.45) is 0 Å². The number of carbonyl (C=O) groups is 1. The highest BCUT2D eigenvalue weighted by atomic mass is 35.5. The highest BCUT2D eigenvalue weighted by Gasteiger charge is 2.14. The predicted octanol–water partition coefficient (Wildman–Crippen LogP) is 5.39. The molecule has 9 heteroatoms. The Morgan fingerprint density at radius 3 is 2.62 bits per heavy atom. The van der Waals surface area contributed by atoms with Crippen molar-refractivity contribution in [3.8, 4) is 17.1 Å². The second kappa shape index (κ2) is 11.2. The molecule has 0 radical (unpaired) electrons. The number of benzene rings is 2. The maximum absolute atomic E-state index is 13.8. The fourth-order valence-corrected chi connectivity index (χ4v) is 3.67. The quantitative estimate of drug-likeness (QED) is 0.398. The van der Waals surface area contributed by atoms with E-state index in [9.17, 15) is 9.18 Å². The molecule has 0 aliphatic rings. The summed E-state index contributed by atoms with van der Waals surface area (Å²) in [6.07, 6.45) is 2.21. The molecule has 32 heavy (non-hydrogen) atoms. The molecule has 0 fully saturated rings. The van der Waals surface area contributed by atoms with Gasteiger partial charge in [0.05, 0.1) is 13.7 Å². The molecule has 3 aromatic rings. The van der Waals surface area contributed by atoms with Crippen molar-refractivity contribution in [1.82, 2.24) is 19.7 Å². The number of methoxy groups -OCH3 is 1. The van der Waals surface area contributed by atoms with Crippen LogP contribution in [-0.4, -0.2) is 27.4 Å². The maximum Gasteiger partial charge on any atom is 0.222 e. The topological polar surface area (TPSA) is 61.1 Å². The molecule has 6 nitrogen and oxygen atoms in total. The average Bonchev–Trinajstić information content (AvgIpc) is 3.10. The molecular weight excluding hydrogens is 451 g/mol. The summed E-state index contributed by atoms with van der Waals surface area (Å²) in [7, 11) is 1.41. The maximum atomic E-state index is 13.8. The van der Waals surface area contributed by atoms with Gasteiger partial charge in [0, 0.05) is 30.1 Å². The molecule has 0 aliphatic heterocycles. The van der Waals surface area contributed by atoms with Gasteiger partial charge < -0.3 is 10.1 Å². The standard InChI is InChI=1S/C23H26ClFN4O2S/c1-3-4-12-28-22(17-6-8-18(24)9-7-17)27-29(23(28)32)13-11-21(30)26-15-16-5-10-20(31-2)19(25)14-16/h5-10,14H,3-4,11-13,15H2,1-2H3,(H,26,30). The highest BCUT2D eigenvalue weighted by molar-refractivity contribution is 7.71. The van der Waals surface area contributed by atoms with E-state index < -0.39 is 5.82 Å². The second-order valence-electron chi connectivity index (χ2n) is 7.34. The fourth-order valence-electron chi connectivity index (χ4n) is 3.23. The minimum Gasteiger partial charge on any atom is -0.494 e. The Labute approximate surface area is 197 Å². The van der Waals surface area contributed by atoms with Gasteiger partial charge in [0.15, 0.2) is 22.2 Å². The molecule has 0 spiro atoms. The Morgan fingerprint density at radius 1 is 1.22 bits per heavy atom.